The summed E-state index contributed by atoms with van der Waals surface area (Å²) in [6.45, 7) is 0. The minimum Gasteiger partial charge on any atom is -0.480 e. The van der Waals surface area contributed by atoms with Gasteiger partial charge in [0.15, 0.2) is 0 Å². The summed E-state index contributed by atoms with van der Waals surface area (Å²) < 4.78 is 0. The van der Waals surface area contributed by atoms with Crippen LogP contribution >= 0.6 is 35.0 Å². The molecule has 1 aromatic carbocycles. The lowest BCUT2D eigenvalue weighted by molar-refractivity contribution is -0.138. The zero-order valence-electron chi connectivity index (χ0n) is 8.11. The molecule has 1 heterocycles. The van der Waals surface area contributed by atoms with E-state index in [4.69, 9.17) is 28.3 Å². The maximum Gasteiger partial charge on any atom is 0.321 e. The van der Waals surface area contributed by atoms with E-state index in [9.17, 15) is 4.79 Å². The van der Waals surface area contributed by atoms with Gasteiger partial charge in [0.2, 0.25) is 0 Å². The van der Waals surface area contributed by atoms with Crippen molar-refractivity contribution in [2.75, 3.05) is 5.75 Å². The van der Waals surface area contributed by atoms with Gasteiger partial charge in [-0.2, -0.15) is 0 Å². The summed E-state index contributed by atoms with van der Waals surface area (Å²) in [6, 6.07) is 4.73. The second-order valence-corrected chi connectivity index (χ2v) is 5.48. The Kier molecular flexibility index (Phi) is 3.64. The fourth-order valence-electron chi connectivity index (χ4n) is 1.53. The molecule has 1 aliphatic heterocycles. The number of benzene rings is 1. The molecule has 1 saturated heterocycles. The topological polar surface area (TPSA) is 49.3 Å². The third-order valence-electron chi connectivity index (χ3n) is 2.27. The monoisotopic (exact) mass is 277 g/mol. The van der Waals surface area contributed by atoms with Crippen LogP contribution in [0.3, 0.4) is 0 Å². The summed E-state index contributed by atoms with van der Waals surface area (Å²) in [6.07, 6.45) is 0. The molecule has 1 aromatic rings. The van der Waals surface area contributed by atoms with Gasteiger partial charge in [-0.15, -0.1) is 11.8 Å². The molecule has 3 nitrogen and oxygen atoms in total. The first-order chi connectivity index (χ1) is 7.56. The van der Waals surface area contributed by atoms with Gasteiger partial charge in [-0.1, -0.05) is 23.2 Å². The standard InChI is InChI=1S/C10H9Cl2NO2S/c11-6-1-5(2-7(12)3-6)9-13-8(4-16-9)10(14)15/h1-3,8-9,13H,4H2,(H,14,15). The molecule has 0 amide bonds. The minimum absolute atomic E-state index is 0.0581. The second-order valence-electron chi connectivity index (χ2n) is 3.47. The van der Waals surface area contributed by atoms with Crippen molar-refractivity contribution in [1.82, 2.24) is 5.32 Å². The second kappa shape index (κ2) is 4.84. The van der Waals surface area contributed by atoms with Crippen LogP contribution < -0.4 is 5.32 Å². The van der Waals surface area contributed by atoms with Crippen molar-refractivity contribution in [3.8, 4) is 0 Å². The van der Waals surface area contributed by atoms with Gasteiger partial charge in [0.05, 0.1) is 5.37 Å². The van der Waals surface area contributed by atoms with Gasteiger partial charge < -0.3 is 5.11 Å². The minimum atomic E-state index is -0.830. The van der Waals surface area contributed by atoms with Crippen molar-refractivity contribution in [1.29, 1.82) is 0 Å². The van der Waals surface area contributed by atoms with E-state index in [0.29, 0.717) is 15.8 Å². The van der Waals surface area contributed by atoms with Gasteiger partial charge in [0, 0.05) is 15.8 Å². The van der Waals surface area contributed by atoms with E-state index in [1.54, 1.807) is 30.0 Å². The Morgan fingerprint density at radius 1 is 1.38 bits per heavy atom. The highest BCUT2D eigenvalue weighted by molar-refractivity contribution is 7.99. The van der Waals surface area contributed by atoms with E-state index in [1.165, 1.54) is 0 Å². The third kappa shape index (κ3) is 2.63. The van der Waals surface area contributed by atoms with E-state index in [0.717, 1.165) is 5.56 Å². The third-order valence-corrected chi connectivity index (χ3v) is 3.97. The maximum atomic E-state index is 10.8. The van der Waals surface area contributed by atoms with E-state index in [1.807, 2.05) is 0 Å². The van der Waals surface area contributed by atoms with Gasteiger partial charge >= 0.3 is 5.97 Å². The van der Waals surface area contributed by atoms with Crippen LogP contribution in [-0.2, 0) is 4.79 Å². The van der Waals surface area contributed by atoms with E-state index >= 15 is 0 Å². The van der Waals surface area contributed by atoms with Crippen LogP contribution in [0.5, 0.6) is 0 Å². The van der Waals surface area contributed by atoms with E-state index in [2.05, 4.69) is 5.32 Å². The highest BCUT2D eigenvalue weighted by Crippen LogP contribution is 2.35. The molecule has 0 spiro atoms. The van der Waals surface area contributed by atoms with Crippen LogP contribution in [0.15, 0.2) is 18.2 Å². The zero-order valence-corrected chi connectivity index (χ0v) is 10.4. The Bertz CT molecular complexity index is 407. The molecule has 0 aromatic heterocycles. The molecule has 1 aliphatic rings. The molecule has 2 unspecified atom stereocenters. The number of carboxylic acid groups (broad SMARTS) is 1. The van der Waals surface area contributed by atoms with Crippen molar-refractivity contribution >= 4 is 40.9 Å². The smallest absolute Gasteiger partial charge is 0.321 e. The molecule has 2 atom stereocenters. The SMILES string of the molecule is O=C(O)C1CSC(c2cc(Cl)cc(Cl)c2)N1. The lowest BCUT2D eigenvalue weighted by Gasteiger charge is -2.12. The van der Waals surface area contributed by atoms with Crippen LogP contribution in [0.2, 0.25) is 10.0 Å². The fraction of sp³-hybridized carbons (Fsp3) is 0.300. The first kappa shape index (κ1) is 12.0. The summed E-state index contributed by atoms with van der Waals surface area (Å²) in [5.74, 6) is -0.285. The Morgan fingerprint density at radius 2 is 2.00 bits per heavy atom. The quantitative estimate of drug-likeness (QED) is 0.873. The number of hydrogen-bond donors (Lipinski definition) is 2. The number of carboxylic acids is 1. The molecule has 1 fully saturated rings. The average Bonchev–Trinajstić information content (AvgIpc) is 2.64. The van der Waals surface area contributed by atoms with Crippen molar-refractivity contribution in [2.24, 2.45) is 0 Å². The number of nitrogens with one attached hydrogen (secondary N) is 1. The Labute approximate surface area is 107 Å². The van der Waals surface area contributed by atoms with Crippen LogP contribution in [0, 0.1) is 0 Å². The molecule has 2 rings (SSSR count). The number of hydrogen-bond acceptors (Lipinski definition) is 3. The van der Waals surface area contributed by atoms with Crippen molar-refractivity contribution < 1.29 is 9.90 Å². The van der Waals surface area contributed by atoms with Crippen LogP contribution in [0.4, 0.5) is 0 Å². The molecule has 0 saturated carbocycles. The molecular weight excluding hydrogens is 269 g/mol. The average molecular weight is 278 g/mol. The van der Waals surface area contributed by atoms with Crippen molar-refractivity contribution in [2.45, 2.75) is 11.4 Å². The normalized spacial score (nSPS) is 24.6. The number of carbonyl (C=O) groups is 1. The van der Waals surface area contributed by atoms with E-state index in [-0.39, 0.29) is 5.37 Å². The number of thioether (sulfide) groups is 1. The van der Waals surface area contributed by atoms with Gasteiger partial charge in [-0.3, -0.25) is 10.1 Å². The Hall–Kier alpha value is -0.420. The predicted octanol–water partition coefficient (Wildman–Crippen LogP) is 2.78. The lowest BCUT2D eigenvalue weighted by atomic mass is 10.2. The largest absolute Gasteiger partial charge is 0.480 e. The summed E-state index contributed by atoms with van der Waals surface area (Å²) >= 11 is 13.3. The van der Waals surface area contributed by atoms with Gasteiger partial charge in [0.25, 0.3) is 0 Å². The molecule has 0 radical (unpaired) electrons. The molecule has 2 N–H and O–H groups in total. The molecule has 6 heteroatoms. The number of rotatable bonds is 2. The van der Waals surface area contributed by atoms with Gasteiger partial charge in [-0.05, 0) is 23.8 Å². The van der Waals surface area contributed by atoms with Gasteiger partial charge in [-0.25, -0.2) is 0 Å². The Morgan fingerprint density at radius 3 is 2.50 bits per heavy atom. The molecule has 86 valence electrons. The predicted molar refractivity (Wildman–Crippen MR) is 66.2 cm³/mol. The van der Waals surface area contributed by atoms with Crippen LogP contribution in [0.25, 0.3) is 0 Å². The Balaban J connectivity index is 2.17. The fourth-order valence-corrected chi connectivity index (χ4v) is 3.29. The zero-order chi connectivity index (χ0) is 11.7. The molecule has 0 aliphatic carbocycles. The maximum absolute atomic E-state index is 10.8. The molecule has 0 bridgehead atoms. The highest BCUT2D eigenvalue weighted by atomic mass is 35.5. The van der Waals surface area contributed by atoms with Crippen LogP contribution in [-0.4, -0.2) is 22.9 Å². The van der Waals surface area contributed by atoms with Crippen molar-refractivity contribution in [3.05, 3.63) is 33.8 Å². The highest BCUT2D eigenvalue weighted by Gasteiger charge is 2.30. The van der Waals surface area contributed by atoms with Crippen LogP contribution in [0.1, 0.15) is 10.9 Å². The van der Waals surface area contributed by atoms with Gasteiger partial charge in [0.1, 0.15) is 6.04 Å². The lowest BCUT2D eigenvalue weighted by Crippen LogP contribution is -2.33. The summed E-state index contributed by atoms with van der Waals surface area (Å²) in [7, 11) is 0. The summed E-state index contributed by atoms with van der Waals surface area (Å²) in [5, 5.41) is 12.9. The molecular formula is C10H9Cl2NO2S. The molecule has 16 heavy (non-hydrogen) atoms. The summed E-state index contributed by atoms with van der Waals surface area (Å²) in [5.41, 5.74) is 0.909. The van der Waals surface area contributed by atoms with E-state index < -0.39 is 12.0 Å². The van der Waals surface area contributed by atoms with Crippen molar-refractivity contribution in [3.63, 3.8) is 0 Å². The number of halogens is 2. The first-order valence-electron chi connectivity index (χ1n) is 4.63. The number of aliphatic carboxylic acids is 1. The first-order valence-corrected chi connectivity index (χ1v) is 6.43. The summed E-state index contributed by atoms with van der Waals surface area (Å²) in [4.78, 5) is 10.8.